The fourth-order valence-corrected chi connectivity index (χ4v) is 1.05. The van der Waals surface area contributed by atoms with Crippen molar-refractivity contribution in [3.8, 4) is 0 Å². The lowest BCUT2D eigenvalue weighted by atomic mass is 10.5. The van der Waals surface area contributed by atoms with Crippen LogP contribution in [0.1, 0.15) is 6.92 Å². The van der Waals surface area contributed by atoms with E-state index >= 15 is 0 Å². The molecule has 2 heteroatoms. The second kappa shape index (κ2) is 1.28. The fourth-order valence-electron chi connectivity index (χ4n) is 0.368. The summed E-state index contributed by atoms with van der Waals surface area (Å²) in [4.78, 5) is 0. The molecule has 6 heavy (non-hydrogen) atoms. The van der Waals surface area contributed by atoms with E-state index in [0.29, 0.717) is 5.92 Å². The highest BCUT2D eigenvalue weighted by atomic mass is 35.5. The molecule has 1 aliphatic rings. The summed E-state index contributed by atoms with van der Waals surface area (Å²) in [6, 6.07) is 0. The Kier molecular flexibility index (Phi) is 1.01. The number of hydrogen-bond donors (Lipinski definition) is 0. The Morgan fingerprint density at radius 1 is 1.17 bits per heavy atom. The predicted octanol–water partition coefficient (Wildman–Crippen LogP) is 1.85. The van der Waals surface area contributed by atoms with Crippen molar-refractivity contribution in [2.45, 2.75) is 17.7 Å². The SMILES string of the molecule is CC1C(Cl)C1Cl. The van der Waals surface area contributed by atoms with Gasteiger partial charge in [-0.05, 0) is 5.92 Å². The molecule has 0 aromatic carbocycles. The summed E-state index contributed by atoms with van der Waals surface area (Å²) in [5.41, 5.74) is 0. The predicted molar refractivity (Wildman–Crippen MR) is 28.4 cm³/mol. The smallest absolute Gasteiger partial charge is 0.0543 e. The molecule has 0 nitrogen and oxygen atoms in total. The normalized spacial score (nSPS) is 55.5. The third kappa shape index (κ3) is 0.524. The van der Waals surface area contributed by atoms with Gasteiger partial charge in [0.1, 0.15) is 0 Å². The molecule has 0 aromatic heterocycles. The molecule has 0 amide bonds. The van der Waals surface area contributed by atoms with Gasteiger partial charge in [-0.25, -0.2) is 0 Å². The largest absolute Gasteiger partial charge is 0.121 e. The van der Waals surface area contributed by atoms with Crippen molar-refractivity contribution >= 4 is 23.2 Å². The van der Waals surface area contributed by atoms with E-state index < -0.39 is 0 Å². The van der Waals surface area contributed by atoms with Crippen molar-refractivity contribution in [3.05, 3.63) is 0 Å². The molecule has 1 fully saturated rings. The van der Waals surface area contributed by atoms with E-state index in [0.717, 1.165) is 0 Å². The molecule has 0 saturated heterocycles. The van der Waals surface area contributed by atoms with Crippen LogP contribution in [0, 0.1) is 5.92 Å². The summed E-state index contributed by atoms with van der Waals surface area (Å²) in [5.74, 6) is 0.549. The van der Waals surface area contributed by atoms with E-state index in [2.05, 4.69) is 6.92 Å². The molecule has 0 aromatic rings. The molecule has 36 valence electrons. The maximum Gasteiger partial charge on any atom is 0.0543 e. The molecule has 2 atom stereocenters. The minimum absolute atomic E-state index is 0.256. The van der Waals surface area contributed by atoms with Gasteiger partial charge >= 0.3 is 0 Å². The minimum Gasteiger partial charge on any atom is -0.121 e. The maximum absolute atomic E-state index is 5.55. The minimum atomic E-state index is 0.256. The third-order valence-electron chi connectivity index (χ3n) is 1.17. The fraction of sp³-hybridized carbons (Fsp3) is 1.00. The molecule has 0 N–H and O–H groups in total. The molecule has 0 bridgehead atoms. The first kappa shape index (κ1) is 4.73. The van der Waals surface area contributed by atoms with Crippen LogP contribution in [0.3, 0.4) is 0 Å². The Hall–Kier alpha value is 0.580. The standard InChI is InChI=1S/C4H6Cl2/c1-2-3(5)4(2)6/h2-4H,1H3. The van der Waals surface area contributed by atoms with Gasteiger partial charge in [0.25, 0.3) is 0 Å². The van der Waals surface area contributed by atoms with Crippen LogP contribution in [0.5, 0.6) is 0 Å². The quantitative estimate of drug-likeness (QED) is 0.433. The van der Waals surface area contributed by atoms with Crippen molar-refractivity contribution in [3.63, 3.8) is 0 Å². The molecule has 1 aliphatic carbocycles. The lowest BCUT2D eigenvalue weighted by molar-refractivity contribution is 0.987. The molecule has 0 heterocycles. The maximum atomic E-state index is 5.55. The Balaban J connectivity index is 2.31. The Labute approximate surface area is 47.4 Å². The molecule has 0 spiro atoms. The van der Waals surface area contributed by atoms with E-state index in [1.54, 1.807) is 0 Å². The zero-order chi connectivity index (χ0) is 4.73. The summed E-state index contributed by atoms with van der Waals surface area (Å²) >= 11 is 11.1. The van der Waals surface area contributed by atoms with Crippen LogP contribution in [-0.2, 0) is 0 Å². The van der Waals surface area contributed by atoms with Crippen LogP contribution in [0.2, 0.25) is 0 Å². The van der Waals surface area contributed by atoms with Crippen molar-refractivity contribution in [2.24, 2.45) is 5.92 Å². The zero-order valence-corrected chi connectivity index (χ0v) is 5.00. The first-order valence-electron chi connectivity index (χ1n) is 2.01. The van der Waals surface area contributed by atoms with Crippen LogP contribution in [0.15, 0.2) is 0 Å². The van der Waals surface area contributed by atoms with E-state index in [-0.39, 0.29) is 10.8 Å². The van der Waals surface area contributed by atoms with Gasteiger partial charge < -0.3 is 0 Å². The molecular formula is C4H6Cl2. The van der Waals surface area contributed by atoms with Crippen LogP contribution in [0.25, 0.3) is 0 Å². The van der Waals surface area contributed by atoms with Crippen molar-refractivity contribution in [1.29, 1.82) is 0 Å². The van der Waals surface area contributed by atoms with Gasteiger partial charge in [-0.2, -0.15) is 0 Å². The molecule has 2 unspecified atom stereocenters. The average molecular weight is 125 g/mol. The van der Waals surface area contributed by atoms with E-state index in [9.17, 15) is 0 Å². The first-order valence-corrected chi connectivity index (χ1v) is 2.89. The van der Waals surface area contributed by atoms with Crippen molar-refractivity contribution < 1.29 is 0 Å². The summed E-state index contributed by atoms with van der Waals surface area (Å²) in [7, 11) is 0. The van der Waals surface area contributed by atoms with Crippen LogP contribution in [0.4, 0.5) is 0 Å². The zero-order valence-electron chi connectivity index (χ0n) is 3.49. The van der Waals surface area contributed by atoms with Gasteiger partial charge in [-0.3, -0.25) is 0 Å². The Bertz CT molecular complexity index is 42.3. The van der Waals surface area contributed by atoms with E-state index in [1.165, 1.54) is 0 Å². The average Bonchev–Trinajstić information content (AvgIpc) is 1.94. The molecule has 1 saturated carbocycles. The summed E-state index contributed by atoms with van der Waals surface area (Å²) < 4.78 is 0. The number of hydrogen-bond acceptors (Lipinski definition) is 0. The van der Waals surface area contributed by atoms with Gasteiger partial charge in [-0.15, -0.1) is 23.2 Å². The lowest BCUT2D eigenvalue weighted by Crippen LogP contribution is -1.63. The molecule has 0 radical (unpaired) electrons. The number of rotatable bonds is 0. The van der Waals surface area contributed by atoms with E-state index in [4.69, 9.17) is 23.2 Å². The van der Waals surface area contributed by atoms with Gasteiger partial charge in [0.05, 0.1) is 10.8 Å². The number of alkyl halides is 2. The number of halogens is 2. The van der Waals surface area contributed by atoms with Gasteiger partial charge in [0, 0.05) is 0 Å². The Morgan fingerprint density at radius 2 is 1.33 bits per heavy atom. The lowest BCUT2D eigenvalue weighted by Gasteiger charge is -1.63. The molecule has 0 aliphatic heterocycles. The van der Waals surface area contributed by atoms with Crippen molar-refractivity contribution in [1.82, 2.24) is 0 Å². The highest BCUT2D eigenvalue weighted by Gasteiger charge is 2.43. The highest BCUT2D eigenvalue weighted by Crippen LogP contribution is 2.40. The third-order valence-corrected chi connectivity index (χ3v) is 2.63. The topological polar surface area (TPSA) is 0 Å². The van der Waals surface area contributed by atoms with Gasteiger partial charge in [-0.1, -0.05) is 6.92 Å². The highest BCUT2D eigenvalue weighted by molar-refractivity contribution is 6.34. The summed E-state index contributed by atoms with van der Waals surface area (Å²) in [6.07, 6.45) is 0. The summed E-state index contributed by atoms with van der Waals surface area (Å²) in [6.45, 7) is 2.05. The molecule has 1 rings (SSSR count). The molecular weight excluding hydrogens is 119 g/mol. The first-order chi connectivity index (χ1) is 2.73. The second-order valence-electron chi connectivity index (χ2n) is 1.75. The Morgan fingerprint density at radius 3 is 1.33 bits per heavy atom. The summed E-state index contributed by atoms with van der Waals surface area (Å²) in [5, 5.41) is 0.512. The van der Waals surface area contributed by atoms with Crippen LogP contribution < -0.4 is 0 Å². The van der Waals surface area contributed by atoms with Gasteiger partial charge in [0.15, 0.2) is 0 Å². The van der Waals surface area contributed by atoms with Gasteiger partial charge in [0.2, 0.25) is 0 Å². The monoisotopic (exact) mass is 124 g/mol. The van der Waals surface area contributed by atoms with Crippen LogP contribution >= 0.6 is 23.2 Å². The van der Waals surface area contributed by atoms with Crippen LogP contribution in [-0.4, -0.2) is 10.8 Å². The van der Waals surface area contributed by atoms with Crippen molar-refractivity contribution in [2.75, 3.05) is 0 Å². The van der Waals surface area contributed by atoms with E-state index in [1.807, 2.05) is 0 Å². The second-order valence-corrected chi connectivity index (χ2v) is 2.76.